The van der Waals surface area contributed by atoms with Gasteiger partial charge < -0.3 is 9.42 Å². The summed E-state index contributed by atoms with van der Waals surface area (Å²) in [5, 5.41) is 3.83. The van der Waals surface area contributed by atoms with Crippen LogP contribution < -0.4 is 4.72 Å². The number of carbonyl (C=O) groups excluding carboxylic acids is 1. The second-order valence-electron chi connectivity index (χ2n) is 6.50. The molecule has 1 N–H and O–H groups in total. The van der Waals surface area contributed by atoms with E-state index in [-0.39, 0.29) is 17.4 Å². The van der Waals surface area contributed by atoms with Crippen molar-refractivity contribution in [1.82, 2.24) is 14.8 Å². The zero-order valence-electron chi connectivity index (χ0n) is 13.0. The first-order valence-electron chi connectivity index (χ1n) is 7.41. The van der Waals surface area contributed by atoms with E-state index < -0.39 is 10.0 Å². The lowest BCUT2D eigenvalue weighted by Gasteiger charge is -2.32. The van der Waals surface area contributed by atoms with Crippen LogP contribution in [0.25, 0.3) is 0 Å². The Labute approximate surface area is 130 Å². The van der Waals surface area contributed by atoms with Crippen molar-refractivity contribution < 1.29 is 17.7 Å². The molecule has 7 nitrogen and oxygen atoms in total. The van der Waals surface area contributed by atoms with Gasteiger partial charge in [0.15, 0.2) is 0 Å². The summed E-state index contributed by atoms with van der Waals surface area (Å²) in [6.07, 6.45) is 3.72. The molecule has 0 aromatic carbocycles. The summed E-state index contributed by atoms with van der Waals surface area (Å²) in [4.78, 5) is 14.4. The normalized spacial score (nSPS) is 23.8. The quantitative estimate of drug-likeness (QED) is 0.888. The second kappa shape index (κ2) is 5.06. The van der Waals surface area contributed by atoms with Gasteiger partial charge in [-0.3, -0.25) is 4.79 Å². The molecule has 3 rings (SSSR count). The predicted molar refractivity (Wildman–Crippen MR) is 79.9 cm³/mol. The van der Waals surface area contributed by atoms with Crippen LogP contribution in [-0.4, -0.2) is 49.8 Å². The molecule has 1 saturated heterocycles. The molecule has 1 amide bonds. The maximum absolute atomic E-state index is 12.6. The fraction of sp³-hybridized carbons (Fsp3) is 0.714. The molecule has 2 aliphatic rings. The molecule has 0 bridgehead atoms. The van der Waals surface area contributed by atoms with Crippen molar-refractivity contribution >= 4 is 15.9 Å². The fourth-order valence-electron chi connectivity index (χ4n) is 3.43. The van der Waals surface area contributed by atoms with Crippen molar-refractivity contribution in [2.45, 2.75) is 39.2 Å². The first-order chi connectivity index (χ1) is 10.2. The smallest absolute Gasteiger partial charge is 0.259 e. The molecule has 1 saturated carbocycles. The maximum Gasteiger partial charge on any atom is 0.259 e. The van der Waals surface area contributed by atoms with E-state index >= 15 is 0 Å². The van der Waals surface area contributed by atoms with Crippen LogP contribution >= 0.6 is 0 Å². The molecule has 1 aliphatic heterocycles. The van der Waals surface area contributed by atoms with E-state index in [1.54, 1.807) is 13.8 Å². The Bertz CT molecular complexity index is 682. The summed E-state index contributed by atoms with van der Waals surface area (Å²) in [6, 6.07) is 0.0267. The third-order valence-electron chi connectivity index (χ3n) is 4.84. The molecular formula is C14H21N3O4S. The van der Waals surface area contributed by atoms with Crippen molar-refractivity contribution in [3.8, 4) is 0 Å². The molecular weight excluding hydrogens is 306 g/mol. The molecule has 2 heterocycles. The SMILES string of the molecule is Cc1noc(C)c1C(=O)N1CCC2(CC1)CC2NS(C)(=O)=O. The maximum atomic E-state index is 12.6. The minimum absolute atomic E-state index is 0.0267. The van der Waals surface area contributed by atoms with Crippen molar-refractivity contribution in [2.75, 3.05) is 19.3 Å². The first-order valence-corrected chi connectivity index (χ1v) is 9.30. The molecule has 1 unspecified atom stereocenters. The number of amides is 1. The van der Waals surface area contributed by atoms with Gasteiger partial charge in [-0.1, -0.05) is 5.16 Å². The lowest BCUT2D eigenvalue weighted by Crippen LogP contribution is -2.41. The number of rotatable bonds is 3. The van der Waals surface area contributed by atoms with E-state index in [2.05, 4.69) is 9.88 Å². The van der Waals surface area contributed by atoms with Gasteiger partial charge >= 0.3 is 0 Å². The Morgan fingerprint density at radius 2 is 2.00 bits per heavy atom. The minimum Gasteiger partial charge on any atom is -0.361 e. The summed E-state index contributed by atoms with van der Waals surface area (Å²) in [5.74, 6) is 0.505. The first kappa shape index (κ1) is 15.5. The number of carbonyl (C=O) groups is 1. The van der Waals surface area contributed by atoms with Crippen molar-refractivity contribution in [2.24, 2.45) is 5.41 Å². The number of piperidine rings is 1. The van der Waals surface area contributed by atoms with Crippen LogP contribution in [0.4, 0.5) is 0 Å². The van der Waals surface area contributed by atoms with Gasteiger partial charge in [0.05, 0.1) is 11.9 Å². The van der Waals surface area contributed by atoms with E-state index in [0.717, 1.165) is 19.3 Å². The minimum atomic E-state index is -3.16. The highest BCUT2D eigenvalue weighted by molar-refractivity contribution is 7.88. The number of hydrogen-bond donors (Lipinski definition) is 1. The average Bonchev–Trinajstić information content (AvgIpc) is 2.93. The van der Waals surface area contributed by atoms with Gasteiger partial charge in [0.25, 0.3) is 5.91 Å². The lowest BCUT2D eigenvalue weighted by molar-refractivity contribution is 0.0671. The van der Waals surface area contributed by atoms with Crippen LogP contribution in [0.3, 0.4) is 0 Å². The topological polar surface area (TPSA) is 92.5 Å². The predicted octanol–water partition coefficient (Wildman–Crippen LogP) is 0.835. The third-order valence-corrected chi connectivity index (χ3v) is 5.55. The van der Waals surface area contributed by atoms with Gasteiger partial charge in [-0.15, -0.1) is 0 Å². The highest BCUT2D eigenvalue weighted by atomic mass is 32.2. The lowest BCUT2D eigenvalue weighted by atomic mass is 9.92. The highest BCUT2D eigenvalue weighted by Crippen LogP contribution is 2.54. The molecule has 1 atom stereocenters. The molecule has 1 aromatic rings. The molecule has 2 fully saturated rings. The number of aromatic nitrogens is 1. The number of likely N-dealkylation sites (tertiary alicyclic amines) is 1. The zero-order chi connectivity index (χ0) is 16.1. The summed E-state index contributed by atoms with van der Waals surface area (Å²) < 4.78 is 30.4. The van der Waals surface area contributed by atoms with Gasteiger partial charge in [-0.2, -0.15) is 0 Å². The van der Waals surface area contributed by atoms with E-state index in [9.17, 15) is 13.2 Å². The standard InChI is InChI=1S/C14H21N3O4S/c1-9-12(10(2)21-15-9)13(18)17-6-4-14(5-7-17)8-11(14)16-22(3,19)20/h11,16H,4-8H2,1-3H3. The average molecular weight is 327 g/mol. The van der Waals surface area contributed by atoms with E-state index in [1.807, 2.05) is 4.90 Å². The molecule has 122 valence electrons. The van der Waals surface area contributed by atoms with Crippen LogP contribution in [0.5, 0.6) is 0 Å². The highest BCUT2D eigenvalue weighted by Gasteiger charge is 2.56. The van der Waals surface area contributed by atoms with Gasteiger partial charge in [0.2, 0.25) is 10.0 Å². The molecule has 1 aromatic heterocycles. The number of aryl methyl sites for hydroxylation is 2. The summed E-state index contributed by atoms with van der Waals surface area (Å²) in [6.45, 7) is 4.80. The Balaban J connectivity index is 1.63. The third kappa shape index (κ3) is 2.77. The summed E-state index contributed by atoms with van der Waals surface area (Å²) in [7, 11) is -3.16. The van der Waals surface area contributed by atoms with Crippen LogP contribution in [0.2, 0.25) is 0 Å². The second-order valence-corrected chi connectivity index (χ2v) is 8.28. The molecule has 1 spiro atoms. The summed E-state index contributed by atoms with van der Waals surface area (Å²) in [5.41, 5.74) is 1.21. The van der Waals surface area contributed by atoms with Gasteiger partial charge in [0, 0.05) is 19.1 Å². The zero-order valence-corrected chi connectivity index (χ0v) is 13.9. The van der Waals surface area contributed by atoms with Crippen LogP contribution in [0, 0.1) is 19.3 Å². The van der Waals surface area contributed by atoms with Crippen LogP contribution in [0.1, 0.15) is 41.1 Å². The van der Waals surface area contributed by atoms with Crippen molar-refractivity contribution in [3.05, 3.63) is 17.0 Å². The van der Waals surface area contributed by atoms with E-state index in [4.69, 9.17) is 4.52 Å². The van der Waals surface area contributed by atoms with E-state index in [1.165, 1.54) is 6.26 Å². The summed E-state index contributed by atoms with van der Waals surface area (Å²) >= 11 is 0. The van der Waals surface area contributed by atoms with Crippen LogP contribution in [0.15, 0.2) is 4.52 Å². The Hall–Kier alpha value is -1.41. The Morgan fingerprint density at radius 1 is 1.36 bits per heavy atom. The molecule has 1 aliphatic carbocycles. The van der Waals surface area contributed by atoms with Crippen molar-refractivity contribution in [1.29, 1.82) is 0 Å². The van der Waals surface area contributed by atoms with Gasteiger partial charge in [-0.05, 0) is 38.5 Å². The monoisotopic (exact) mass is 327 g/mol. The number of nitrogens with zero attached hydrogens (tertiary/aromatic N) is 2. The van der Waals surface area contributed by atoms with Gasteiger partial charge in [0.1, 0.15) is 11.3 Å². The molecule has 22 heavy (non-hydrogen) atoms. The largest absolute Gasteiger partial charge is 0.361 e. The Morgan fingerprint density at radius 3 is 2.50 bits per heavy atom. The van der Waals surface area contributed by atoms with E-state index in [0.29, 0.717) is 30.1 Å². The fourth-order valence-corrected chi connectivity index (χ4v) is 4.28. The van der Waals surface area contributed by atoms with Gasteiger partial charge in [-0.25, -0.2) is 13.1 Å². The number of sulfonamides is 1. The number of nitrogens with one attached hydrogen (secondary N) is 1. The Kier molecular flexibility index (Phi) is 3.56. The number of hydrogen-bond acceptors (Lipinski definition) is 5. The molecule has 8 heteroatoms. The van der Waals surface area contributed by atoms with Crippen molar-refractivity contribution in [3.63, 3.8) is 0 Å². The van der Waals surface area contributed by atoms with Crippen LogP contribution in [-0.2, 0) is 10.0 Å². The molecule has 0 radical (unpaired) electrons.